The third kappa shape index (κ3) is 5.96. The highest BCUT2D eigenvalue weighted by atomic mass is 16.2. The van der Waals surface area contributed by atoms with Crippen molar-refractivity contribution in [3.8, 4) is 0 Å². The van der Waals surface area contributed by atoms with Gasteiger partial charge in [-0.15, -0.1) is 0 Å². The quantitative estimate of drug-likeness (QED) is 0.357. The van der Waals surface area contributed by atoms with Crippen molar-refractivity contribution >= 4 is 22.6 Å². The van der Waals surface area contributed by atoms with Gasteiger partial charge in [-0.05, 0) is 46.4 Å². The van der Waals surface area contributed by atoms with Crippen LogP contribution in [0.2, 0.25) is 0 Å². The smallest absolute Gasteiger partial charge is 0.242 e. The highest BCUT2D eigenvalue weighted by Gasteiger charge is 2.29. The first-order valence-electron chi connectivity index (χ1n) is 12.1. The summed E-state index contributed by atoms with van der Waals surface area (Å²) in [5, 5.41) is 5.12. The van der Waals surface area contributed by atoms with Gasteiger partial charge in [0.25, 0.3) is 0 Å². The molecule has 0 fully saturated rings. The standard InChI is InChI=1S/C31H32N2O2/c1-23-11-6-7-15-27(23)22-33(29(31(35)32-2)21-24-12-4-3-5-13-24)30(34)20-19-26-17-10-16-25-14-8-9-18-28(25)26/h3-18,29H,19-22H2,1-2H3,(H,32,35)/t29-/m0/s1. The van der Waals surface area contributed by atoms with E-state index in [-0.39, 0.29) is 11.8 Å². The van der Waals surface area contributed by atoms with Crippen molar-refractivity contribution in [1.29, 1.82) is 0 Å². The van der Waals surface area contributed by atoms with Gasteiger partial charge in [-0.2, -0.15) is 0 Å². The summed E-state index contributed by atoms with van der Waals surface area (Å²) in [7, 11) is 1.63. The van der Waals surface area contributed by atoms with Crippen LogP contribution in [0.1, 0.15) is 28.7 Å². The summed E-state index contributed by atoms with van der Waals surface area (Å²) in [6.07, 6.45) is 1.42. The van der Waals surface area contributed by atoms with E-state index < -0.39 is 6.04 Å². The first kappa shape index (κ1) is 24.2. The van der Waals surface area contributed by atoms with Gasteiger partial charge in [0.1, 0.15) is 6.04 Å². The first-order chi connectivity index (χ1) is 17.1. The van der Waals surface area contributed by atoms with Gasteiger partial charge in [-0.1, -0.05) is 97.1 Å². The Labute approximate surface area is 207 Å². The lowest BCUT2D eigenvalue weighted by molar-refractivity contribution is -0.141. The number of fused-ring (bicyclic) bond motifs is 1. The molecule has 1 N–H and O–H groups in total. The number of hydrogen-bond donors (Lipinski definition) is 1. The fraction of sp³-hybridized carbons (Fsp3) is 0.226. The molecule has 4 aromatic rings. The summed E-state index contributed by atoms with van der Waals surface area (Å²) in [5.41, 5.74) is 4.33. The fourth-order valence-corrected chi connectivity index (χ4v) is 4.59. The molecular formula is C31H32N2O2. The number of carbonyl (C=O) groups is 2. The Morgan fingerprint density at radius 2 is 1.46 bits per heavy atom. The third-order valence-corrected chi connectivity index (χ3v) is 6.61. The number of rotatable bonds is 9. The van der Waals surface area contributed by atoms with Gasteiger partial charge in [0.05, 0.1) is 0 Å². The highest BCUT2D eigenvalue weighted by Crippen LogP contribution is 2.22. The van der Waals surface area contributed by atoms with Crippen molar-refractivity contribution < 1.29 is 9.59 Å². The lowest BCUT2D eigenvalue weighted by Gasteiger charge is -2.31. The van der Waals surface area contributed by atoms with E-state index in [4.69, 9.17) is 0 Å². The minimum Gasteiger partial charge on any atom is -0.357 e. The minimum atomic E-state index is -0.595. The van der Waals surface area contributed by atoms with Crippen molar-refractivity contribution in [2.24, 2.45) is 0 Å². The zero-order valence-corrected chi connectivity index (χ0v) is 20.4. The molecule has 4 heteroatoms. The fourth-order valence-electron chi connectivity index (χ4n) is 4.59. The molecule has 0 spiro atoms. The van der Waals surface area contributed by atoms with Crippen molar-refractivity contribution in [2.75, 3.05) is 7.05 Å². The Kier molecular flexibility index (Phi) is 7.94. The Balaban J connectivity index is 1.63. The van der Waals surface area contributed by atoms with E-state index in [1.54, 1.807) is 11.9 Å². The molecule has 0 unspecified atom stereocenters. The maximum absolute atomic E-state index is 13.8. The van der Waals surface area contributed by atoms with Crippen molar-refractivity contribution in [2.45, 2.75) is 38.8 Å². The van der Waals surface area contributed by atoms with Crippen molar-refractivity contribution in [3.05, 3.63) is 119 Å². The molecule has 178 valence electrons. The maximum Gasteiger partial charge on any atom is 0.242 e. The van der Waals surface area contributed by atoms with E-state index in [0.29, 0.717) is 25.8 Å². The average Bonchev–Trinajstić information content (AvgIpc) is 2.90. The van der Waals surface area contributed by atoms with Gasteiger partial charge >= 0.3 is 0 Å². The molecule has 2 amide bonds. The summed E-state index contributed by atoms with van der Waals surface area (Å²) in [6, 6.07) is 31.8. The second kappa shape index (κ2) is 11.5. The molecule has 4 aromatic carbocycles. The predicted molar refractivity (Wildman–Crippen MR) is 142 cm³/mol. The number of benzene rings is 4. The van der Waals surface area contributed by atoms with Crippen molar-refractivity contribution in [1.82, 2.24) is 10.2 Å². The van der Waals surface area contributed by atoms with Crippen LogP contribution in [0.4, 0.5) is 0 Å². The minimum absolute atomic E-state index is 0.0225. The highest BCUT2D eigenvalue weighted by molar-refractivity contribution is 5.89. The predicted octanol–water partition coefficient (Wildman–Crippen LogP) is 5.47. The molecule has 0 aromatic heterocycles. The number of nitrogens with zero attached hydrogens (tertiary/aromatic N) is 1. The number of aryl methyl sites for hydroxylation is 2. The molecule has 0 aliphatic heterocycles. The molecule has 0 saturated carbocycles. The van der Waals surface area contributed by atoms with Crippen LogP contribution in [0.5, 0.6) is 0 Å². The number of likely N-dealkylation sites (N-methyl/N-ethyl adjacent to an activating group) is 1. The van der Waals surface area contributed by atoms with Gasteiger partial charge in [0.15, 0.2) is 0 Å². The van der Waals surface area contributed by atoms with Crippen LogP contribution < -0.4 is 5.32 Å². The Bertz CT molecular complexity index is 1290. The normalized spacial score (nSPS) is 11.7. The summed E-state index contributed by atoms with van der Waals surface area (Å²) in [5.74, 6) is -0.174. The van der Waals surface area contributed by atoms with Crippen molar-refractivity contribution in [3.63, 3.8) is 0 Å². The SMILES string of the molecule is CNC(=O)[C@H](Cc1ccccc1)N(Cc1ccccc1C)C(=O)CCc1cccc2ccccc12. The van der Waals surface area contributed by atoms with E-state index in [1.807, 2.05) is 79.7 Å². The van der Waals surface area contributed by atoms with Gasteiger partial charge in [0.2, 0.25) is 11.8 Å². The van der Waals surface area contributed by atoms with E-state index in [1.165, 1.54) is 10.8 Å². The third-order valence-electron chi connectivity index (χ3n) is 6.61. The van der Waals surface area contributed by atoms with E-state index in [2.05, 4.69) is 29.6 Å². The number of carbonyl (C=O) groups excluding carboxylic acids is 2. The molecule has 0 heterocycles. The second-order valence-corrected chi connectivity index (χ2v) is 8.91. The van der Waals surface area contributed by atoms with Crippen LogP contribution in [-0.2, 0) is 29.0 Å². The molecule has 0 aliphatic rings. The maximum atomic E-state index is 13.8. The van der Waals surface area contributed by atoms with E-state index in [9.17, 15) is 9.59 Å². The average molecular weight is 465 g/mol. The van der Waals surface area contributed by atoms with Crippen LogP contribution in [0.3, 0.4) is 0 Å². The zero-order valence-electron chi connectivity index (χ0n) is 20.4. The second-order valence-electron chi connectivity index (χ2n) is 8.91. The summed E-state index contributed by atoms with van der Waals surface area (Å²) >= 11 is 0. The molecule has 0 bridgehead atoms. The van der Waals surface area contributed by atoms with Gasteiger partial charge in [-0.3, -0.25) is 9.59 Å². The van der Waals surface area contributed by atoms with Crippen LogP contribution in [-0.4, -0.2) is 29.8 Å². The van der Waals surface area contributed by atoms with Gasteiger partial charge in [0, 0.05) is 26.4 Å². The molecule has 0 saturated heterocycles. The van der Waals surface area contributed by atoms with Crippen LogP contribution in [0.25, 0.3) is 10.8 Å². The zero-order chi connectivity index (χ0) is 24.6. The Hall–Kier alpha value is -3.92. The van der Waals surface area contributed by atoms with Gasteiger partial charge in [-0.25, -0.2) is 0 Å². The molecule has 4 rings (SSSR count). The summed E-state index contributed by atoms with van der Waals surface area (Å²) in [4.78, 5) is 28.6. The van der Waals surface area contributed by atoms with Crippen LogP contribution >= 0.6 is 0 Å². The first-order valence-corrected chi connectivity index (χ1v) is 12.1. The molecule has 1 atom stereocenters. The van der Waals surface area contributed by atoms with E-state index in [0.717, 1.165) is 22.3 Å². The largest absolute Gasteiger partial charge is 0.357 e. The summed E-state index contributed by atoms with van der Waals surface area (Å²) in [6.45, 7) is 2.44. The Morgan fingerprint density at radius 3 is 2.23 bits per heavy atom. The molecular weight excluding hydrogens is 432 g/mol. The number of amides is 2. The molecule has 0 aliphatic carbocycles. The number of nitrogens with one attached hydrogen (secondary N) is 1. The molecule has 0 radical (unpaired) electrons. The molecule has 35 heavy (non-hydrogen) atoms. The lowest BCUT2D eigenvalue weighted by Crippen LogP contribution is -2.49. The van der Waals surface area contributed by atoms with E-state index >= 15 is 0 Å². The number of hydrogen-bond acceptors (Lipinski definition) is 2. The topological polar surface area (TPSA) is 49.4 Å². The summed E-state index contributed by atoms with van der Waals surface area (Å²) < 4.78 is 0. The van der Waals surface area contributed by atoms with Gasteiger partial charge < -0.3 is 10.2 Å². The van der Waals surface area contributed by atoms with Crippen LogP contribution in [0, 0.1) is 6.92 Å². The monoisotopic (exact) mass is 464 g/mol. The van der Waals surface area contributed by atoms with Crippen LogP contribution in [0.15, 0.2) is 97.1 Å². The lowest BCUT2D eigenvalue weighted by atomic mass is 9.98. The Morgan fingerprint density at radius 1 is 0.800 bits per heavy atom. The molecule has 4 nitrogen and oxygen atoms in total.